The van der Waals surface area contributed by atoms with Crippen molar-refractivity contribution in [1.82, 2.24) is 14.8 Å². The zero-order valence-corrected chi connectivity index (χ0v) is 14.5. The number of halogens is 4. The molecule has 0 saturated carbocycles. The van der Waals surface area contributed by atoms with Crippen LogP contribution >= 0.6 is 22.9 Å². The molecule has 1 aliphatic rings. The molecule has 0 amide bonds. The van der Waals surface area contributed by atoms with Gasteiger partial charge in [-0.05, 0) is 37.8 Å². The van der Waals surface area contributed by atoms with E-state index in [-0.39, 0.29) is 5.13 Å². The minimum absolute atomic E-state index is 0.228. The van der Waals surface area contributed by atoms with Gasteiger partial charge in [-0.2, -0.15) is 18.3 Å². The lowest BCUT2D eigenvalue weighted by atomic mass is 9.96. The second-order valence-electron chi connectivity index (χ2n) is 5.91. The third-order valence-electron chi connectivity index (χ3n) is 4.24. The Hall–Kier alpha value is -1.86. The van der Waals surface area contributed by atoms with Gasteiger partial charge in [0.1, 0.15) is 0 Å². The fourth-order valence-electron chi connectivity index (χ4n) is 3.10. The van der Waals surface area contributed by atoms with Gasteiger partial charge in [-0.15, -0.1) is 11.3 Å². The normalized spacial score (nSPS) is 14.6. The van der Waals surface area contributed by atoms with Crippen LogP contribution in [-0.4, -0.2) is 14.8 Å². The van der Waals surface area contributed by atoms with Crippen molar-refractivity contribution in [2.45, 2.75) is 31.9 Å². The summed E-state index contributed by atoms with van der Waals surface area (Å²) in [6.07, 6.45) is -1.82. The standard InChI is InChI=1S/C17H13ClF3N3S/c18-11-7-5-10(6-8-11)14-9-25-16(22-14)24-15(17(19,20)21)12-3-1-2-4-13(12)23-24/h5-9H,1-4H2. The SMILES string of the molecule is FC(F)(F)c1c2c(nn1-c1nc(-c3ccc(Cl)cc3)cs1)CCCC2. The molecule has 4 rings (SSSR count). The van der Waals surface area contributed by atoms with Crippen LogP contribution in [0.1, 0.15) is 29.8 Å². The third kappa shape index (κ3) is 3.06. The predicted octanol–water partition coefficient (Wildman–Crippen LogP) is 5.55. The molecule has 2 heterocycles. The van der Waals surface area contributed by atoms with Crippen molar-refractivity contribution in [3.8, 4) is 16.4 Å². The highest BCUT2D eigenvalue weighted by atomic mass is 35.5. The van der Waals surface area contributed by atoms with E-state index in [1.165, 1.54) is 0 Å². The first-order valence-corrected chi connectivity index (χ1v) is 9.09. The molecule has 0 unspecified atom stereocenters. The smallest absolute Gasteiger partial charge is 0.218 e. The van der Waals surface area contributed by atoms with Gasteiger partial charge in [-0.3, -0.25) is 0 Å². The van der Waals surface area contributed by atoms with Crippen LogP contribution in [0.3, 0.4) is 0 Å². The maximum atomic E-state index is 13.6. The Morgan fingerprint density at radius 2 is 1.80 bits per heavy atom. The molecule has 25 heavy (non-hydrogen) atoms. The number of benzene rings is 1. The Kier molecular flexibility index (Phi) is 4.08. The summed E-state index contributed by atoms with van der Waals surface area (Å²) >= 11 is 7.02. The average Bonchev–Trinajstić information content (AvgIpc) is 3.19. The van der Waals surface area contributed by atoms with Gasteiger partial charge in [-0.25, -0.2) is 9.67 Å². The van der Waals surface area contributed by atoms with Crippen LogP contribution in [0.4, 0.5) is 13.2 Å². The van der Waals surface area contributed by atoms with E-state index in [4.69, 9.17) is 11.6 Å². The molecule has 3 nitrogen and oxygen atoms in total. The third-order valence-corrected chi connectivity index (χ3v) is 5.31. The molecule has 0 N–H and O–H groups in total. The number of alkyl halides is 3. The largest absolute Gasteiger partial charge is 0.433 e. The first-order valence-electron chi connectivity index (χ1n) is 7.83. The summed E-state index contributed by atoms with van der Waals surface area (Å²) in [6.45, 7) is 0. The van der Waals surface area contributed by atoms with E-state index in [2.05, 4.69) is 10.1 Å². The van der Waals surface area contributed by atoms with Crippen LogP contribution < -0.4 is 0 Å². The van der Waals surface area contributed by atoms with Gasteiger partial charge in [0.15, 0.2) is 5.69 Å². The Balaban J connectivity index is 1.80. The average molecular weight is 384 g/mol. The quantitative estimate of drug-likeness (QED) is 0.581. The van der Waals surface area contributed by atoms with Gasteiger partial charge in [0.2, 0.25) is 5.13 Å². The van der Waals surface area contributed by atoms with Gasteiger partial charge in [-0.1, -0.05) is 23.7 Å². The second kappa shape index (κ2) is 6.14. The minimum Gasteiger partial charge on any atom is -0.218 e. The maximum absolute atomic E-state index is 13.6. The number of thiazole rings is 1. The molecular formula is C17H13ClF3N3S. The fraction of sp³-hybridized carbons (Fsp3) is 0.294. The summed E-state index contributed by atoms with van der Waals surface area (Å²) in [5.41, 5.74) is 1.60. The van der Waals surface area contributed by atoms with Crippen molar-refractivity contribution < 1.29 is 13.2 Å². The Labute approximate surface area is 151 Å². The molecule has 0 bridgehead atoms. The zero-order valence-electron chi connectivity index (χ0n) is 13.0. The first kappa shape index (κ1) is 16.6. The van der Waals surface area contributed by atoms with Crippen molar-refractivity contribution in [3.63, 3.8) is 0 Å². The van der Waals surface area contributed by atoms with E-state index >= 15 is 0 Å². The fourth-order valence-corrected chi connectivity index (χ4v) is 4.01. The van der Waals surface area contributed by atoms with Crippen LogP contribution in [0.15, 0.2) is 29.6 Å². The molecule has 8 heteroatoms. The molecular weight excluding hydrogens is 371 g/mol. The van der Waals surface area contributed by atoms with Gasteiger partial charge >= 0.3 is 6.18 Å². The summed E-state index contributed by atoms with van der Waals surface area (Å²) in [5.74, 6) is 0. The molecule has 0 radical (unpaired) electrons. The number of hydrogen-bond donors (Lipinski definition) is 0. The van der Waals surface area contributed by atoms with Crippen molar-refractivity contribution in [2.24, 2.45) is 0 Å². The minimum atomic E-state index is -4.45. The number of nitrogens with zero attached hydrogens (tertiary/aromatic N) is 3. The van der Waals surface area contributed by atoms with Crippen molar-refractivity contribution in [3.05, 3.63) is 51.6 Å². The van der Waals surface area contributed by atoms with Gasteiger partial charge in [0.05, 0.1) is 11.4 Å². The summed E-state index contributed by atoms with van der Waals surface area (Å²) in [5, 5.41) is 6.79. The predicted molar refractivity (Wildman–Crippen MR) is 91.3 cm³/mol. The van der Waals surface area contributed by atoms with E-state index in [1.54, 1.807) is 29.6 Å². The highest BCUT2D eigenvalue weighted by Crippen LogP contribution is 2.38. The molecule has 2 aromatic heterocycles. The summed E-state index contributed by atoms with van der Waals surface area (Å²) in [6, 6.07) is 7.03. The van der Waals surface area contributed by atoms with Crippen LogP contribution in [0.25, 0.3) is 16.4 Å². The lowest BCUT2D eigenvalue weighted by Crippen LogP contribution is -2.16. The topological polar surface area (TPSA) is 30.7 Å². The molecule has 1 aliphatic carbocycles. The highest BCUT2D eigenvalue weighted by molar-refractivity contribution is 7.12. The second-order valence-corrected chi connectivity index (χ2v) is 7.19. The number of fused-ring (bicyclic) bond motifs is 1. The lowest BCUT2D eigenvalue weighted by Gasteiger charge is -2.13. The molecule has 0 atom stereocenters. The monoisotopic (exact) mass is 383 g/mol. The van der Waals surface area contributed by atoms with Crippen molar-refractivity contribution in [2.75, 3.05) is 0 Å². The highest BCUT2D eigenvalue weighted by Gasteiger charge is 2.41. The molecule has 3 aromatic rings. The molecule has 0 aliphatic heterocycles. The maximum Gasteiger partial charge on any atom is 0.433 e. The van der Waals surface area contributed by atoms with E-state index in [1.807, 2.05) is 0 Å². The van der Waals surface area contributed by atoms with Gasteiger partial charge in [0.25, 0.3) is 0 Å². The van der Waals surface area contributed by atoms with Crippen molar-refractivity contribution in [1.29, 1.82) is 0 Å². The van der Waals surface area contributed by atoms with Crippen LogP contribution in [0.2, 0.25) is 5.02 Å². The number of aromatic nitrogens is 3. The molecule has 0 saturated heterocycles. The number of rotatable bonds is 2. The van der Waals surface area contributed by atoms with Gasteiger partial charge in [0, 0.05) is 21.5 Å². The van der Waals surface area contributed by atoms with Gasteiger partial charge < -0.3 is 0 Å². The molecule has 0 fully saturated rings. The molecule has 130 valence electrons. The van der Waals surface area contributed by atoms with Crippen molar-refractivity contribution >= 4 is 22.9 Å². The number of aryl methyl sites for hydroxylation is 1. The number of hydrogen-bond acceptors (Lipinski definition) is 3. The van der Waals surface area contributed by atoms with E-state index in [0.29, 0.717) is 34.8 Å². The van der Waals surface area contributed by atoms with Crippen LogP contribution in [-0.2, 0) is 19.0 Å². The Morgan fingerprint density at radius 3 is 2.52 bits per heavy atom. The van der Waals surface area contributed by atoms with Crippen LogP contribution in [0, 0.1) is 0 Å². The van der Waals surface area contributed by atoms with E-state index < -0.39 is 11.9 Å². The van der Waals surface area contributed by atoms with E-state index in [9.17, 15) is 13.2 Å². The molecule has 1 aromatic carbocycles. The Morgan fingerprint density at radius 1 is 1.08 bits per heavy atom. The molecule has 0 spiro atoms. The summed E-state index contributed by atoms with van der Waals surface area (Å²) < 4.78 is 41.9. The summed E-state index contributed by atoms with van der Waals surface area (Å²) in [4.78, 5) is 4.37. The van der Waals surface area contributed by atoms with E-state index in [0.717, 1.165) is 34.4 Å². The summed E-state index contributed by atoms with van der Waals surface area (Å²) in [7, 11) is 0. The first-order chi connectivity index (χ1) is 11.9. The Bertz CT molecular complexity index is 912. The van der Waals surface area contributed by atoms with Crippen LogP contribution in [0.5, 0.6) is 0 Å². The zero-order chi connectivity index (χ0) is 17.6. The lowest BCUT2D eigenvalue weighted by molar-refractivity contribution is -0.143.